The van der Waals surface area contributed by atoms with Crippen LogP contribution in [0.5, 0.6) is 0 Å². The molecule has 0 aromatic heterocycles. The molecule has 0 atom stereocenters. The Morgan fingerprint density at radius 1 is 1.40 bits per heavy atom. The van der Waals surface area contributed by atoms with E-state index in [1.54, 1.807) is 0 Å². The van der Waals surface area contributed by atoms with E-state index in [1.165, 1.54) is 0 Å². The van der Waals surface area contributed by atoms with Crippen LogP contribution in [0.25, 0.3) is 0 Å². The van der Waals surface area contributed by atoms with Gasteiger partial charge < -0.3 is 9.68 Å². The monoisotopic (exact) mass is 154 g/mol. The quantitative estimate of drug-likeness (QED) is 0.604. The van der Waals surface area contributed by atoms with Gasteiger partial charge in [0.2, 0.25) is 0 Å². The van der Waals surface area contributed by atoms with Gasteiger partial charge in [-0.05, 0) is 5.82 Å². The van der Waals surface area contributed by atoms with E-state index in [-0.39, 0.29) is 5.82 Å². The average Bonchev–Trinajstić information content (AvgIpc) is 2.35. The fraction of sp³-hybridized carbons (Fsp3) is 1.00. The molecule has 0 spiro atoms. The summed E-state index contributed by atoms with van der Waals surface area (Å²) in [5.74, 6) is -0.304. The second kappa shape index (κ2) is 2.43. The van der Waals surface area contributed by atoms with Gasteiger partial charge in [-0.3, -0.25) is 0 Å². The third kappa shape index (κ3) is 2.57. The van der Waals surface area contributed by atoms with E-state index in [0.29, 0.717) is 12.8 Å². The maximum absolute atomic E-state index is 11.3. The molecule has 0 radical (unpaired) electrons. The number of alkyl halides is 3. The minimum absolute atomic E-state index is 0.304. The molecule has 10 heavy (non-hydrogen) atoms. The van der Waals surface area contributed by atoms with Gasteiger partial charge in [-0.15, -0.1) is 13.2 Å². The Hall–Kier alpha value is -0.225. The molecule has 0 aromatic rings. The van der Waals surface area contributed by atoms with Crippen LogP contribution in [0.3, 0.4) is 0 Å². The normalized spacial score (nSPS) is 19.2. The molecule has 1 N–H and O–H groups in total. The molecular formula is C4H6BF3O2. The second-order valence-electron chi connectivity index (χ2n) is 2.29. The van der Waals surface area contributed by atoms with Crippen molar-refractivity contribution in [1.29, 1.82) is 0 Å². The van der Waals surface area contributed by atoms with Crippen LogP contribution < -0.4 is 0 Å². The molecule has 1 aliphatic carbocycles. The lowest BCUT2D eigenvalue weighted by Crippen LogP contribution is -2.27. The highest BCUT2D eigenvalue weighted by molar-refractivity contribution is 6.45. The summed E-state index contributed by atoms with van der Waals surface area (Å²) in [6, 6.07) is 0. The molecular weight excluding hydrogens is 148 g/mol. The first-order valence-electron chi connectivity index (χ1n) is 2.91. The molecule has 1 saturated carbocycles. The van der Waals surface area contributed by atoms with Crippen molar-refractivity contribution < 1.29 is 22.8 Å². The average molecular weight is 154 g/mol. The molecule has 0 saturated heterocycles. The van der Waals surface area contributed by atoms with Crippen molar-refractivity contribution in [3.05, 3.63) is 0 Å². The van der Waals surface area contributed by atoms with Gasteiger partial charge in [0.15, 0.2) is 0 Å². The predicted molar refractivity (Wildman–Crippen MR) is 28.1 cm³/mol. The maximum atomic E-state index is 11.3. The zero-order chi connectivity index (χ0) is 7.78. The topological polar surface area (TPSA) is 29.5 Å². The lowest BCUT2D eigenvalue weighted by molar-refractivity contribution is -0.283. The highest BCUT2D eigenvalue weighted by Gasteiger charge is 2.44. The molecule has 2 nitrogen and oxygen atoms in total. The van der Waals surface area contributed by atoms with Crippen molar-refractivity contribution in [3.8, 4) is 0 Å². The van der Waals surface area contributed by atoms with Gasteiger partial charge in [0.1, 0.15) is 0 Å². The lowest BCUT2D eigenvalue weighted by Gasteiger charge is -2.08. The van der Waals surface area contributed by atoms with E-state index in [9.17, 15) is 13.2 Å². The summed E-state index contributed by atoms with van der Waals surface area (Å²) < 4.78 is 37.3. The fourth-order valence-corrected chi connectivity index (χ4v) is 0.615. The first kappa shape index (κ1) is 7.88. The van der Waals surface area contributed by atoms with Gasteiger partial charge in [-0.1, -0.05) is 12.8 Å². The summed E-state index contributed by atoms with van der Waals surface area (Å²) in [5, 5.41) is 8.58. The molecule has 1 fully saturated rings. The van der Waals surface area contributed by atoms with Crippen LogP contribution >= 0.6 is 0 Å². The summed E-state index contributed by atoms with van der Waals surface area (Å²) in [7, 11) is -1.65. The van der Waals surface area contributed by atoms with Crippen molar-refractivity contribution in [3.63, 3.8) is 0 Å². The van der Waals surface area contributed by atoms with Crippen molar-refractivity contribution in [1.82, 2.24) is 0 Å². The molecule has 0 amide bonds. The van der Waals surface area contributed by atoms with E-state index < -0.39 is 13.5 Å². The molecule has 0 heterocycles. The SMILES string of the molecule is OB(OC(F)(F)F)C1CC1. The van der Waals surface area contributed by atoms with E-state index >= 15 is 0 Å². The fourth-order valence-electron chi connectivity index (χ4n) is 0.615. The Bertz CT molecular complexity index is 122. The molecule has 6 heteroatoms. The Balaban J connectivity index is 2.23. The molecule has 0 bridgehead atoms. The predicted octanol–water partition coefficient (Wildman–Crippen LogP) is 1.17. The van der Waals surface area contributed by atoms with Crippen molar-refractivity contribution in [2.24, 2.45) is 0 Å². The van der Waals surface area contributed by atoms with E-state index in [0.717, 1.165) is 0 Å². The number of rotatable bonds is 2. The van der Waals surface area contributed by atoms with Crippen molar-refractivity contribution in [2.75, 3.05) is 0 Å². The molecule has 0 aliphatic heterocycles. The molecule has 0 unspecified atom stereocenters. The first-order valence-corrected chi connectivity index (χ1v) is 2.91. The lowest BCUT2D eigenvalue weighted by atomic mass is 9.83. The number of hydrogen-bond acceptors (Lipinski definition) is 2. The van der Waals surface area contributed by atoms with Crippen LogP contribution in [0.4, 0.5) is 13.2 Å². The Morgan fingerprint density at radius 2 is 1.90 bits per heavy atom. The summed E-state index contributed by atoms with van der Waals surface area (Å²) in [6.45, 7) is 0. The first-order chi connectivity index (χ1) is 4.49. The van der Waals surface area contributed by atoms with Gasteiger partial charge in [0, 0.05) is 0 Å². The Labute approximate surface area is 56.1 Å². The van der Waals surface area contributed by atoms with E-state index in [4.69, 9.17) is 5.02 Å². The minimum Gasteiger partial charge on any atom is -0.427 e. The Morgan fingerprint density at radius 3 is 2.20 bits per heavy atom. The Kier molecular flexibility index (Phi) is 1.91. The van der Waals surface area contributed by atoms with E-state index in [2.05, 4.69) is 4.65 Å². The smallest absolute Gasteiger partial charge is 0.427 e. The maximum Gasteiger partial charge on any atom is 0.510 e. The zero-order valence-corrected chi connectivity index (χ0v) is 5.06. The van der Waals surface area contributed by atoms with Crippen LogP contribution in [-0.2, 0) is 4.65 Å². The summed E-state index contributed by atoms with van der Waals surface area (Å²) >= 11 is 0. The zero-order valence-electron chi connectivity index (χ0n) is 5.06. The van der Waals surface area contributed by atoms with E-state index in [1.807, 2.05) is 0 Å². The summed E-state index contributed by atoms with van der Waals surface area (Å²) in [4.78, 5) is 0. The standard InChI is InChI=1S/C4H6BF3O2/c6-4(7,8)10-5(9)3-1-2-3/h3,9H,1-2H2. The minimum atomic E-state index is -4.71. The van der Waals surface area contributed by atoms with Crippen molar-refractivity contribution >= 4 is 7.12 Å². The van der Waals surface area contributed by atoms with Crippen LogP contribution in [0.15, 0.2) is 0 Å². The largest absolute Gasteiger partial charge is 0.510 e. The van der Waals surface area contributed by atoms with Gasteiger partial charge in [0.25, 0.3) is 0 Å². The van der Waals surface area contributed by atoms with Crippen LogP contribution in [-0.4, -0.2) is 18.5 Å². The van der Waals surface area contributed by atoms with Gasteiger partial charge in [-0.2, -0.15) is 0 Å². The van der Waals surface area contributed by atoms with Crippen LogP contribution in [0.1, 0.15) is 12.8 Å². The number of halogens is 3. The molecule has 1 rings (SSSR count). The third-order valence-electron chi connectivity index (χ3n) is 1.28. The number of hydrogen-bond donors (Lipinski definition) is 1. The van der Waals surface area contributed by atoms with Crippen molar-refractivity contribution in [2.45, 2.75) is 25.0 Å². The third-order valence-corrected chi connectivity index (χ3v) is 1.28. The van der Waals surface area contributed by atoms with Gasteiger partial charge >= 0.3 is 13.5 Å². The molecule has 0 aromatic carbocycles. The second-order valence-corrected chi connectivity index (χ2v) is 2.29. The van der Waals surface area contributed by atoms with Gasteiger partial charge in [0.05, 0.1) is 0 Å². The highest BCUT2D eigenvalue weighted by Crippen LogP contribution is 2.40. The summed E-state index contributed by atoms with van der Waals surface area (Å²) in [6.07, 6.45) is -3.46. The van der Waals surface area contributed by atoms with Crippen LogP contribution in [0, 0.1) is 0 Å². The highest BCUT2D eigenvalue weighted by atomic mass is 19.4. The van der Waals surface area contributed by atoms with Gasteiger partial charge in [-0.25, -0.2) is 0 Å². The summed E-state index contributed by atoms with van der Waals surface area (Å²) in [5.41, 5.74) is 0. The van der Waals surface area contributed by atoms with Crippen LogP contribution in [0.2, 0.25) is 5.82 Å². The molecule has 1 aliphatic rings. The molecule has 58 valence electrons.